The minimum Gasteiger partial charge on any atom is -0.489 e. The van der Waals surface area contributed by atoms with Crippen LogP contribution in [0.1, 0.15) is 123 Å². The number of esters is 1. The lowest BCUT2D eigenvalue weighted by molar-refractivity contribution is -0.145. The lowest BCUT2D eigenvalue weighted by Gasteiger charge is -2.58. The summed E-state index contributed by atoms with van der Waals surface area (Å²) < 4.78 is 12.0. The third-order valence-electron chi connectivity index (χ3n) is 14.1. The predicted molar refractivity (Wildman–Crippen MR) is 220 cm³/mol. The van der Waals surface area contributed by atoms with E-state index in [9.17, 15) is 9.90 Å². The molecule has 0 saturated heterocycles. The Hall–Kier alpha value is -3.51. The van der Waals surface area contributed by atoms with Gasteiger partial charge in [-0.2, -0.15) is 0 Å². The highest BCUT2D eigenvalue weighted by molar-refractivity contribution is 5.87. The number of carbonyl (C=O) groups is 1. The second-order valence-electron chi connectivity index (χ2n) is 17.5. The first-order valence-electron chi connectivity index (χ1n) is 20.1. The highest BCUT2D eigenvalue weighted by atomic mass is 16.5. The number of hydrogen-bond donors (Lipinski definition) is 3. The molecule has 0 spiro atoms. The number of fused-ring (bicyclic) bond motifs is 5. The SMILES string of the molecule is C.CCC(/C=C/C(C)C1CCC2C3CC=C4CC(OC(=O)/C=C/c5ccc(OCc6cc(N)cc(N)c6)c(CO)c5)CCC4(C)C3CCC12C)C(C)C. The van der Waals surface area contributed by atoms with Crippen LogP contribution in [0, 0.1) is 52.3 Å². The molecular weight excluding hydrogens is 657 g/mol. The summed E-state index contributed by atoms with van der Waals surface area (Å²) in [6, 6.07) is 10.8. The number of ether oxygens (including phenoxy) is 2. The van der Waals surface area contributed by atoms with Crippen molar-refractivity contribution in [3.8, 4) is 5.75 Å². The fraction of sp³-hybridized carbons (Fsp3) is 0.596. The molecule has 0 radical (unpaired) electrons. The molecule has 0 amide bonds. The van der Waals surface area contributed by atoms with Crippen molar-refractivity contribution in [1.29, 1.82) is 0 Å². The summed E-state index contributed by atoms with van der Waals surface area (Å²) in [5.41, 5.74) is 17.4. The summed E-state index contributed by atoms with van der Waals surface area (Å²) in [4.78, 5) is 13.0. The third kappa shape index (κ3) is 8.58. The highest BCUT2D eigenvalue weighted by Crippen LogP contribution is 2.67. The lowest BCUT2D eigenvalue weighted by Crippen LogP contribution is -2.51. The monoisotopic (exact) mass is 725 g/mol. The molecule has 5 N–H and O–H groups in total. The molecule has 2 aromatic carbocycles. The van der Waals surface area contributed by atoms with Crippen LogP contribution in [0.15, 0.2) is 66.3 Å². The van der Waals surface area contributed by atoms with E-state index in [1.54, 1.807) is 12.1 Å². The zero-order chi connectivity index (χ0) is 37.2. The number of nitrogens with two attached hydrogens (primary N) is 2. The average Bonchev–Trinajstić information content (AvgIpc) is 3.47. The van der Waals surface area contributed by atoms with Crippen LogP contribution in [0.5, 0.6) is 5.75 Å². The second-order valence-corrected chi connectivity index (χ2v) is 17.5. The molecular formula is C47H68N2O4. The van der Waals surface area contributed by atoms with Crippen molar-refractivity contribution in [3.63, 3.8) is 0 Å². The van der Waals surface area contributed by atoms with Crippen LogP contribution in [0.3, 0.4) is 0 Å². The van der Waals surface area contributed by atoms with Gasteiger partial charge in [-0.15, -0.1) is 0 Å². The Morgan fingerprint density at radius 2 is 1.74 bits per heavy atom. The van der Waals surface area contributed by atoms with E-state index in [1.807, 2.05) is 30.3 Å². The van der Waals surface area contributed by atoms with Crippen molar-refractivity contribution in [2.24, 2.45) is 52.3 Å². The molecule has 0 bridgehead atoms. The van der Waals surface area contributed by atoms with Gasteiger partial charge < -0.3 is 26.0 Å². The van der Waals surface area contributed by atoms with Crippen molar-refractivity contribution in [3.05, 3.63) is 83.0 Å². The lowest BCUT2D eigenvalue weighted by atomic mass is 9.47. The van der Waals surface area contributed by atoms with Crippen molar-refractivity contribution in [2.45, 2.75) is 126 Å². The molecule has 6 nitrogen and oxygen atoms in total. The summed E-state index contributed by atoms with van der Waals surface area (Å²) in [6.07, 6.45) is 21.5. The van der Waals surface area contributed by atoms with Gasteiger partial charge >= 0.3 is 5.97 Å². The van der Waals surface area contributed by atoms with Crippen LogP contribution < -0.4 is 16.2 Å². The van der Waals surface area contributed by atoms with Gasteiger partial charge in [0, 0.05) is 29.4 Å². The molecule has 0 heterocycles. The molecule has 0 aliphatic heterocycles. The number of nitrogen functional groups attached to an aromatic ring is 2. The van der Waals surface area contributed by atoms with Crippen molar-refractivity contribution < 1.29 is 19.4 Å². The zero-order valence-corrected chi connectivity index (χ0v) is 32.6. The van der Waals surface area contributed by atoms with Gasteiger partial charge in [-0.05, 0) is 151 Å². The standard InChI is InChI=1S/C46H64N2O4.CH4/c1-7-33(29(2)3)11-8-30(4)40-14-15-41-39-13-12-35-25-38(18-20-45(35,5)42(39)19-21-46(40,41)6)52-44(50)17-10-31-9-16-43(34(22-31)27-49)51-28-32-23-36(47)26-37(48)24-32;/h8-12,16-17,22-24,26,29-30,33,38-42,49H,7,13-15,18-21,25,27-28,47-48H2,1-6H3;1H4/b11-8+,17-10+;. The minimum absolute atomic E-state index is 0. The first-order valence-corrected chi connectivity index (χ1v) is 20.1. The molecule has 6 rings (SSSR count). The van der Waals surface area contributed by atoms with Crippen LogP contribution in [-0.2, 0) is 22.7 Å². The molecule has 3 saturated carbocycles. The largest absolute Gasteiger partial charge is 0.489 e. The number of carbonyl (C=O) groups excluding carboxylic acids is 1. The van der Waals surface area contributed by atoms with Gasteiger partial charge in [0.1, 0.15) is 18.5 Å². The molecule has 0 aromatic heterocycles. The van der Waals surface area contributed by atoms with E-state index in [1.165, 1.54) is 50.2 Å². The fourth-order valence-corrected chi connectivity index (χ4v) is 11.2. The van der Waals surface area contributed by atoms with Crippen LogP contribution >= 0.6 is 0 Å². The Balaban J connectivity index is 0.00000541. The maximum absolute atomic E-state index is 13.0. The number of aliphatic hydroxyl groups excluding tert-OH is 1. The van der Waals surface area contributed by atoms with E-state index < -0.39 is 0 Å². The molecule has 4 aliphatic rings. The maximum atomic E-state index is 13.0. The molecule has 4 aliphatic carbocycles. The van der Waals surface area contributed by atoms with E-state index in [0.29, 0.717) is 45.9 Å². The van der Waals surface area contributed by atoms with E-state index >= 15 is 0 Å². The van der Waals surface area contributed by atoms with Crippen LogP contribution in [0.2, 0.25) is 0 Å². The van der Waals surface area contributed by atoms with Crippen LogP contribution in [-0.4, -0.2) is 17.2 Å². The van der Waals surface area contributed by atoms with Gasteiger partial charge in [0.05, 0.1) is 6.61 Å². The summed E-state index contributed by atoms with van der Waals surface area (Å²) >= 11 is 0. The average molecular weight is 725 g/mol. The molecule has 9 atom stereocenters. The van der Waals surface area contributed by atoms with Gasteiger partial charge in [-0.1, -0.05) is 78.8 Å². The van der Waals surface area contributed by atoms with Gasteiger partial charge in [0.2, 0.25) is 0 Å². The van der Waals surface area contributed by atoms with E-state index in [0.717, 1.165) is 54.1 Å². The molecule has 3 fully saturated rings. The van der Waals surface area contributed by atoms with Gasteiger partial charge in [-0.3, -0.25) is 0 Å². The van der Waals surface area contributed by atoms with Gasteiger partial charge in [0.15, 0.2) is 0 Å². The van der Waals surface area contributed by atoms with Gasteiger partial charge in [0.25, 0.3) is 0 Å². The Morgan fingerprint density at radius 1 is 0.981 bits per heavy atom. The number of benzene rings is 2. The molecule has 6 heteroatoms. The summed E-state index contributed by atoms with van der Waals surface area (Å²) in [6.45, 7) is 14.8. The Labute approximate surface area is 320 Å². The Morgan fingerprint density at radius 3 is 2.43 bits per heavy atom. The van der Waals surface area contributed by atoms with E-state index in [-0.39, 0.29) is 38.1 Å². The number of anilines is 2. The van der Waals surface area contributed by atoms with Crippen LogP contribution in [0.4, 0.5) is 11.4 Å². The van der Waals surface area contributed by atoms with Gasteiger partial charge in [-0.25, -0.2) is 4.79 Å². The maximum Gasteiger partial charge on any atom is 0.331 e. The Bertz CT molecular complexity index is 1660. The fourth-order valence-electron chi connectivity index (χ4n) is 11.2. The van der Waals surface area contributed by atoms with Crippen molar-refractivity contribution in [1.82, 2.24) is 0 Å². The first kappa shape index (κ1) is 40.7. The molecule has 2 aromatic rings. The van der Waals surface area contributed by atoms with E-state index in [4.69, 9.17) is 20.9 Å². The smallest absolute Gasteiger partial charge is 0.331 e. The van der Waals surface area contributed by atoms with Crippen LogP contribution in [0.25, 0.3) is 6.08 Å². The topological polar surface area (TPSA) is 108 Å². The number of aliphatic hydroxyl groups is 1. The molecule has 290 valence electrons. The first-order chi connectivity index (χ1) is 24.8. The second kappa shape index (κ2) is 16.9. The summed E-state index contributed by atoms with van der Waals surface area (Å²) in [5.74, 6) is 5.36. The predicted octanol–water partition coefficient (Wildman–Crippen LogP) is 10.9. The normalized spacial score (nSPS) is 30.6. The Kier molecular flexibility index (Phi) is 13.0. The summed E-state index contributed by atoms with van der Waals surface area (Å²) in [5, 5.41) is 10.0. The highest BCUT2D eigenvalue weighted by Gasteiger charge is 2.59. The number of rotatable bonds is 12. The zero-order valence-electron chi connectivity index (χ0n) is 32.6. The molecule has 9 unspecified atom stereocenters. The van der Waals surface area contributed by atoms with Crippen molar-refractivity contribution in [2.75, 3.05) is 11.5 Å². The number of hydrogen-bond acceptors (Lipinski definition) is 6. The summed E-state index contributed by atoms with van der Waals surface area (Å²) in [7, 11) is 0. The van der Waals surface area contributed by atoms with E-state index in [2.05, 4.69) is 59.8 Å². The molecule has 53 heavy (non-hydrogen) atoms. The number of allylic oxidation sites excluding steroid dienone is 3. The quantitative estimate of drug-likeness (QED) is 0.0870. The third-order valence-corrected chi connectivity index (χ3v) is 14.1. The van der Waals surface area contributed by atoms with Crippen molar-refractivity contribution >= 4 is 23.4 Å². The minimum atomic E-state index is -0.319.